The fourth-order valence-electron chi connectivity index (χ4n) is 2.55. The van der Waals surface area contributed by atoms with Crippen LogP contribution in [0, 0.1) is 18.3 Å². The van der Waals surface area contributed by atoms with E-state index in [-0.39, 0.29) is 10.9 Å². The molecule has 0 bridgehead atoms. The number of anilines is 1. The average Bonchev–Trinajstić information content (AvgIpc) is 2.29. The van der Waals surface area contributed by atoms with Crippen LogP contribution in [0.25, 0.3) is 0 Å². The molecule has 0 radical (unpaired) electrons. The number of aryl methyl sites for hydroxylation is 1. The van der Waals surface area contributed by atoms with Crippen LogP contribution in [0.15, 0.2) is 18.2 Å². The van der Waals surface area contributed by atoms with E-state index in [4.69, 9.17) is 29.6 Å². The Morgan fingerprint density at radius 3 is 2.63 bits per heavy atom. The first-order valence-electron chi connectivity index (χ1n) is 6.22. The molecule has 2 rings (SSSR count). The minimum atomic E-state index is -0.688. The van der Waals surface area contributed by atoms with Gasteiger partial charge >= 0.3 is 0 Å². The largest absolute Gasteiger partial charge is 0.392 e. The number of carbonyl (C=O) groups excluding carboxylic acids is 1. The Bertz CT molecular complexity index is 538. The predicted octanol–water partition coefficient (Wildman–Crippen LogP) is 3.29. The van der Waals surface area contributed by atoms with Gasteiger partial charge in [-0.25, -0.2) is 0 Å². The zero-order valence-corrected chi connectivity index (χ0v) is 12.6. The highest BCUT2D eigenvalue weighted by Crippen LogP contribution is 2.46. The fraction of sp³-hybridized carbons (Fsp3) is 0.429. The zero-order chi connectivity index (χ0) is 14.2. The number of nitrogens with one attached hydrogen (secondary N) is 1. The van der Waals surface area contributed by atoms with Gasteiger partial charge in [0.2, 0.25) is 5.91 Å². The summed E-state index contributed by atoms with van der Waals surface area (Å²) in [5.41, 5.74) is 6.71. The van der Waals surface area contributed by atoms with Crippen molar-refractivity contribution in [2.45, 2.75) is 26.7 Å². The van der Waals surface area contributed by atoms with Crippen LogP contribution < -0.4 is 11.1 Å². The second-order valence-electron chi connectivity index (χ2n) is 5.38. The van der Waals surface area contributed by atoms with E-state index in [9.17, 15) is 4.79 Å². The molecule has 1 saturated carbocycles. The normalized spacial score (nSPS) is 25.5. The monoisotopic (exact) mass is 296 g/mol. The van der Waals surface area contributed by atoms with Crippen molar-refractivity contribution in [3.05, 3.63) is 28.8 Å². The second kappa shape index (κ2) is 5.10. The van der Waals surface area contributed by atoms with E-state index in [0.29, 0.717) is 29.5 Å². The Morgan fingerprint density at radius 2 is 2.16 bits per heavy atom. The molecule has 1 fully saturated rings. The minimum absolute atomic E-state index is 0.127. The molecule has 3 N–H and O–H groups in total. The van der Waals surface area contributed by atoms with Gasteiger partial charge in [0.25, 0.3) is 0 Å². The summed E-state index contributed by atoms with van der Waals surface area (Å²) in [6.45, 7) is 4.00. The molecular formula is C14H17ClN2OS. The van der Waals surface area contributed by atoms with Gasteiger partial charge in [-0.05, 0) is 43.4 Å². The van der Waals surface area contributed by atoms with Crippen molar-refractivity contribution in [1.82, 2.24) is 0 Å². The van der Waals surface area contributed by atoms with Crippen molar-refractivity contribution in [2.75, 3.05) is 5.32 Å². The molecule has 1 amide bonds. The summed E-state index contributed by atoms with van der Waals surface area (Å²) >= 11 is 11.1. The van der Waals surface area contributed by atoms with E-state index >= 15 is 0 Å². The van der Waals surface area contributed by atoms with Gasteiger partial charge in [0.15, 0.2) is 0 Å². The highest BCUT2D eigenvalue weighted by atomic mass is 35.5. The molecular weight excluding hydrogens is 280 g/mol. The van der Waals surface area contributed by atoms with Crippen LogP contribution in [0.3, 0.4) is 0 Å². The summed E-state index contributed by atoms with van der Waals surface area (Å²) < 4.78 is 0. The number of benzene rings is 1. The lowest BCUT2D eigenvalue weighted by Gasteiger charge is -2.44. The number of nitrogens with two attached hydrogens (primary N) is 1. The number of carbonyl (C=O) groups is 1. The molecule has 19 heavy (non-hydrogen) atoms. The molecule has 3 nitrogen and oxygen atoms in total. The molecule has 0 aromatic heterocycles. The smallest absolute Gasteiger partial charge is 0.237 e. The van der Waals surface area contributed by atoms with Crippen LogP contribution in [-0.4, -0.2) is 10.9 Å². The number of hydrogen-bond donors (Lipinski definition) is 2. The van der Waals surface area contributed by atoms with E-state index in [1.54, 1.807) is 6.07 Å². The van der Waals surface area contributed by atoms with Crippen molar-refractivity contribution in [1.29, 1.82) is 0 Å². The maximum Gasteiger partial charge on any atom is 0.237 e. The van der Waals surface area contributed by atoms with Crippen LogP contribution >= 0.6 is 23.8 Å². The van der Waals surface area contributed by atoms with Gasteiger partial charge in [0, 0.05) is 10.7 Å². The third-order valence-electron chi connectivity index (χ3n) is 3.73. The number of rotatable bonds is 3. The molecule has 102 valence electrons. The summed E-state index contributed by atoms with van der Waals surface area (Å²) in [6.07, 6.45) is 1.43. The van der Waals surface area contributed by atoms with E-state index < -0.39 is 5.41 Å². The maximum absolute atomic E-state index is 12.4. The van der Waals surface area contributed by atoms with E-state index in [0.717, 1.165) is 5.56 Å². The van der Waals surface area contributed by atoms with Crippen molar-refractivity contribution in [2.24, 2.45) is 17.1 Å². The van der Waals surface area contributed by atoms with Crippen LogP contribution in [0.5, 0.6) is 0 Å². The molecule has 0 spiro atoms. The highest BCUT2D eigenvalue weighted by Gasteiger charge is 2.50. The Hall–Kier alpha value is -1.13. The molecule has 0 unspecified atom stereocenters. The SMILES string of the molecule is Cc1ccc(NC(=O)C2(C(N)=S)CC(C)C2)cc1Cl. The number of hydrogen-bond acceptors (Lipinski definition) is 2. The van der Waals surface area contributed by atoms with Gasteiger partial charge in [0.1, 0.15) is 0 Å². The minimum Gasteiger partial charge on any atom is -0.392 e. The molecule has 0 atom stereocenters. The van der Waals surface area contributed by atoms with Crippen molar-refractivity contribution < 1.29 is 4.79 Å². The average molecular weight is 297 g/mol. The molecule has 1 aliphatic carbocycles. The molecule has 1 aromatic carbocycles. The van der Waals surface area contributed by atoms with Crippen LogP contribution in [0.1, 0.15) is 25.3 Å². The van der Waals surface area contributed by atoms with Crippen molar-refractivity contribution in [3.63, 3.8) is 0 Å². The summed E-state index contributed by atoms with van der Waals surface area (Å²) in [5, 5.41) is 3.49. The van der Waals surface area contributed by atoms with Gasteiger partial charge in [-0.3, -0.25) is 4.79 Å². The van der Waals surface area contributed by atoms with E-state index in [2.05, 4.69) is 12.2 Å². The summed E-state index contributed by atoms with van der Waals surface area (Å²) in [4.78, 5) is 12.7. The van der Waals surface area contributed by atoms with Crippen molar-refractivity contribution in [3.8, 4) is 0 Å². The predicted molar refractivity (Wildman–Crippen MR) is 82.4 cm³/mol. The highest BCUT2D eigenvalue weighted by molar-refractivity contribution is 7.80. The van der Waals surface area contributed by atoms with Gasteiger partial charge in [0.05, 0.1) is 10.4 Å². The summed E-state index contributed by atoms with van der Waals surface area (Å²) in [7, 11) is 0. The van der Waals surface area contributed by atoms with Crippen LogP contribution in [0.2, 0.25) is 5.02 Å². The Kier molecular flexibility index (Phi) is 3.83. The van der Waals surface area contributed by atoms with Gasteiger partial charge in [-0.2, -0.15) is 0 Å². The third kappa shape index (κ3) is 2.60. The zero-order valence-electron chi connectivity index (χ0n) is 11.0. The number of halogens is 1. The number of thiocarbonyl (C=S) groups is 1. The number of amides is 1. The molecule has 0 saturated heterocycles. The van der Waals surface area contributed by atoms with Gasteiger partial charge < -0.3 is 11.1 Å². The first kappa shape index (κ1) is 14.3. The topological polar surface area (TPSA) is 55.1 Å². The molecule has 0 aliphatic heterocycles. The quantitative estimate of drug-likeness (QED) is 0.842. The maximum atomic E-state index is 12.4. The molecule has 5 heteroatoms. The van der Waals surface area contributed by atoms with Crippen LogP contribution in [0.4, 0.5) is 5.69 Å². The van der Waals surface area contributed by atoms with Crippen molar-refractivity contribution >= 4 is 40.4 Å². The first-order chi connectivity index (χ1) is 8.85. The van der Waals surface area contributed by atoms with Gasteiger partial charge in [-0.15, -0.1) is 0 Å². The lowest BCUT2D eigenvalue weighted by molar-refractivity contribution is -0.127. The molecule has 1 aromatic rings. The molecule has 0 heterocycles. The molecule has 1 aliphatic rings. The second-order valence-corrected chi connectivity index (χ2v) is 6.22. The Labute approximate surface area is 123 Å². The van der Waals surface area contributed by atoms with E-state index in [1.807, 2.05) is 19.1 Å². The lowest BCUT2D eigenvalue weighted by atomic mass is 9.62. The summed E-state index contributed by atoms with van der Waals surface area (Å²) in [5.74, 6) is 0.354. The Morgan fingerprint density at radius 1 is 1.53 bits per heavy atom. The first-order valence-corrected chi connectivity index (χ1v) is 7.01. The fourth-order valence-corrected chi connectivity index (χ4v) is 2.99. The van der Waals surface area contributed by atoms with Gasteiger partial charge in [-0.1, -0.05) is 36.8 Å². The third-order valence-corrected chi connectivity index (χ3v) is 4.53. The lowest BCUT2D eigenvalue weighted by Crippen LogP contribution is -2.53. The van der Waals surface area contributed by atoms with Crippen LogP contribution in [-0.2, 0) is 4.79 Å². The summed E-state index contributed by atoms with van der Waals surface area (Å²) in [6, 6.07) is 5.44. The Balaban J connectivity index is 2.16. The standard InChI is InChI=1S/C14H17ClN2OS/c1-8-6-14(7-8,12(16)19)13(18)17-10-4-3-9(2)11(15)5-10/h3-5,8H,6-7H2,1-2H3,(H2,16,19)(H,17,18). The van der Waals surface area contributed by atoms with E-state index in [1.165, 1.54) is 0 Å².